The average Bonchev–Trinajstić information content (AvgIpc) is 2.76. The van der Waals surface area contributed by atoms with Gasteiger partial charge in [-0.25, -0.2) is 4.79 Å². The fourth-order valence-electron chi connectivity index (χ4n) is 3.14. The lowest BCUT2D eigenvalue weighted by molar-refractivity contribution is -0.148. The Hall–Kier alpha value is -3.18. The molecule has 0 spiro atoms. The number of rotatable bonds is 7. The predicted molar refractivity (Wildman–Crippen MR) is 111 cm³/mol. The van der Waals surface area contributed by atoms with Gasteiger partial charge in [0.1, 0.15) is 6.61 Å². The average molecular weight is 450 g/mol. The van der Waals surface area contributed by atoms with Crippen molar-refractivity contribution in [1.82, 2.24) is 0 Å². The van der Waals surface area contributed by atoms with Gasteiger partial charge >= 0.3 is 12.1 Å². The lowest BCUT2D eigenvalue weighted by atomic mass is 9.73. The number of Topliss-reactive ketones (excluding diaryl/α,β-unsaturated/α-hetero) is 1. The number of ether oxygens (including phenoxy) is 2. The monoisotopic (exact) mass is 450 g/mol. The quantitative estimate of drug-likeness (QED) is 0.261. The highest BCUT2D eigenvalue weighted by atomic mass is 19.4. The number of benzene rings is 2. The summed E-state index contributed by atoms with van der Waals surface area (Å²) < 4.78 is 71.4. The van der Waals surface area contributed by atoms with Gasteiger partial charge in [0.05, 0.1) is 22.4 Å². The molecule has 0 amide bonds. The number of nitriles is 1. The highest BCUT2D eigenvalue weighted by Gasteiger charge is 2.52. The van der Waals surface area contributed by atoms with Gasteiger partial charge in [0.2, 0.25) is 5.41 Å². The fraction of sp³-hybridized carbons (Fsp3) is 0.375. The zero-order chi connectivity index (χ0) is 26.7. The van der Waals surface area contributed by atoms with Crippen LogP contribution in [0.25, 0.3) is 0 Å². The second kappa shape index (κ2) is 9.53. The minimum Gasteiger partial charge on any atom is -0.461 e. The summed E-state index contributed by atoms with van der Waals surface area (Å²) in [6.07, 6.45) is -4.93. The largest absolute Gasteiger partial charge is 0.461 e. The predicted octanol–water partition coefficient (Wildman–Crippen LogP) is 4.84. The number of carbonyl (C=O) groups excluding carboxylic acids is 2. The van der Waals surface area contributed by atoms with Crippen LogP contribution in [0.1, 0.15) is 51.9 Å². The molecule has 0 radical (unpaired) electrons. The number of halogens is 3. The first-order valence-corrected chi connectivity index (χ1v) is 9.58. The number of esters is 1. The van der Waals surface area contributed by atoms with Crippen molar-refractivity contribution in [2.75, 3.05) is 20.3 Å². The van der Waals surface area contributed by atoms with Crippen LogP contribution in [0.4, 0.5) is 13.2 Å². The number of nitrogens with zero attached hydrogens (tertiary/aromatic N) is 1. The maximum Gasteiger partial charge on any atom is 0.417 e. The second-order valence-corrected chi connectivity index (χ2v) is 8.05. The number of methoxy groups -OCH3 is 1. The van der Waals surface area contributed by atoms with Crippen LogP contribution in [0.5, 0.6) is 0 Å². The van der Waals surface area contributed by atoms with Gasteiger partial charge in [0, 0.05) is 12.6 Å². The van der Waals surface area contributed by atoms with Gasteiger partial charge < -0.3 is 9.47 Å². The van der Waals surface area contributed by atoms with E-state index in [-0.39, 0.29) is 11.0 Å². The molecule has 0 aliphatic rings. The van der Waals surface area contributed by atoms with Crippen LogP contribution in [0.2, 0.25) is 0 Å². The number of ketones is 1. The topological polar surface area (TPSA) is 76.4 Å². The van der Waals surface area contributed by atoms with Crippen molar-refractivity contribution in [2.24, 2.45) is 0 Å². The van der Waals surface area contributed by atoms with E-state index in [1.807, 2.05) is 20.8 Å². The summed E-state index contributed by atoms with van der Waals surface area (Å²) >= 11 is 0. The summed E-state index contributed by atoms with van der Waals surface area (Å²) in [5, 5.41) is 10.1. The maximum absolute atomic E-state index is 13.6. The lowest BCUT2D eigenvalue weighted by Crippen LogP contribution is -2.45. The minimum absolute atomic E-state index is 0.184. The van der Waals surface area contributed by atoms with Crippen LogP contribution in [0, 0.1) is 11.3 Å². The Kier molecular flexibility index (Phi) is 6.17. The lowest BCUT2D eigenvalue weighted by Gasteiger charge is -2.26. The molecule has 0 fully saturated rings. The molecule has 2 aromatic carbocycles. The van der Waals surface area contributed by atoms with Crippen LogP contribution in [-0.4, -0.2) is 32.0 Å². The Morgan fingerprint density at radius 1 is 1.00 bits per heavy atom. The van der Waals surface area contributed by atoms with Crippen LogP contribution < -0.4 is 0 Å². The molecule has 0 bridgehead atoms. The summed E-state index contributed by atoms with van der Waals surface area (Å²) in [6, 6.07) is 11.2. The number of carbonyl (C=O) groups is 2. The molecule has 0 saturated carbocycles. The number of hydrogen-bond donors (Lipinski definition) is 0. The van der Waals surface area contributed by atoms with Gasteiger partial charge in [-0.15, -0.1) is 0 Å². The summed E-state index contributed by atoms with van der Waals surface area (Å²) in [5.74, 6) is -2.86. The second-order valence-electron chi connectivity index (χ2n) is 8.05. The Morgan fingerprint density at radius 2 is 1.59 bits per heavy atom. The Labute approximate surface area is 189 Å². The SMILES string of the molecule is [2H]C([2H])([2H])OCCOC(=O)C(C#N)(C(=O)c1ccccc1C(F)(F)F)c1ccc(C(C)(C)C)cc1. The van der Waals surface area contributed by atoms with E-state index in [1.54, 1.807) is 18.2 Å². The smallest absolute Gasteiger partial charge is 0.417 e. The normalized spacial score (nSPS) is 15.5. The fourth-order valence-corrected chi connectivity index (χ4v) is 3.14. The molecule has 170 valence electrons. The molecule has 0 aliphatic heterocycles. The van der Waals surface area contributed by atoms with Crippen LogP contribution in [-0.2, 0) is 31.3 Å². The minimum atomic E-state index is -4.93. The molecule has 0 saturated heterocycles. The van der Waals surface area contributed by atoms with Crippen LogP contribution in [0.15, 0.2) is 48.5 Å². The van der Waals surface area contributed by atoms with Gasteiger partial charge in [-0.2, -0.15) is 18.4 Å². The van der Waals surface area contributed by atoms with E-state index in [0.29, 0.717) is 6.07 Å². The first-order valence-electron chi connectivity index (χ1n) is 11.1. The standard InChI is InChI=1S/C24H24F3NO4/c1-22(2,3)16-9-11-17(12-10-16)23(15-28,21(30)32-14-13-31-4)20(29)18-7-5-6-8-19(18)24(25,26)27/h5-12H,13-14H2,1-4H3/i4D3. The molecule has 0 heterocycles. The zero-order valence-electron chi connectivity index (χ0n) is 20.7. The number of alkyl halides is 3. The van der Waals surface area contributed by atoms with E-state index < -0.39 is 54.7 Å². The molecule has 1 unspecified atom stereocenters. The number of hydrogen-bond acceptors (Lipinski definition) is 5. The van der Waals surface area contributed by atoms with E-state index in [9.17, 15) is 28.0 Å². The van der Waals surface area contributed by atoms with E-state index >= 15 is 0 Å². The van der Waals surface area contributed by atoms with Crippen LogP contribution in [0.3, 0.4) is 0 Å². The van der Waals surface area contributed by atoms with Crippen LogP contribution >= 0.6 is 0 Å². The van der Waals surface area contributed by atoms with Gasteiger partial charge in [0.15, 0.2) is 5.78 Å². The van der Waals surface area contributed by atoms with Crippen molar-refractivity contribution in [1.29, 1.82) is 5.26 Å². The highest BCUT2D eigenvalue weighted by Crippen LogP contribution is 2.37. The van der Waals surface area contributed by atoms with Gasteiger partial charge in [-0.1, -0.05) is 63.2 Å². The Morgan fingerprint density at radius 3 is 2.12 bits per heavy atom. The molecule has 5 nitrogen and oxygen atoms in total. The molecular formula is C24H24F3NO4. The Balaban J connectivity index is 2.61. The third-order valence-corrected chi connectivity index (χ3v) is 4.89. The van der Waals surface area contributed by atoms with E-state index in [2.05, 4.69) is 4.74 Å². The van der Waals surface area contributed by atoms with Crippen molar-refractivity contribution in [3.05, 3.63) is 70.8 Å². The molecule has 2 rings (SSSR count). The molecular weight excluding hydrogens is 423 g/mol. The molecule has 1 atom stereocenters. The first-order chi connectivity index (χ1) is 16.0. The highest BCUT2D eigenvalue weighted by molar-refractivity contribution is 6.20. The molecule has 0 aromatic heterocycles. The van der Waals surface area contributed by atoms with Gasteiger partial charge in [0.25, 0.3) is 0 Å². The maximum atomic E-state index is 13.6. The van der Waals surface area contributed by atoms with Crippen molar-refractivity contribution in [2.45, 2.75) is 37.8 Å². The van der Waals surface area contributed by atoms with Crippen molar-refractivity contribution < 1.29 is 36.3 Å². The van der Waals surface area contributed by atoms with Crippen molar-refractivity contribution >= 4 is 11.8 Å². The third-order valence-electron chi connectivity index (χ3n) is 4.89. The summed E-state index contributed by atoms with van der Waals surface area (Å²) in [7, 11) is -2.77. The summed E-state index contributed by atoms with van der Waals surface area (Å²) in [6.45, 7) is 4.49. The molecule has 2 aromatic rings. The first kappa shape index (κ1) is 20.7. The summed E-state index contributed by atoms with van der Waals surface area (Å²) in [4.78, 5) is 26.7. The summed E-state index contributed by atoms with van der Waals surface area (Å²) in [5.41, 5.74) is -4.69. The van der Waals surface area contributed by atoms with Gasteiger partial charge in [-0.05, 0) is 22.6 Å². The van der Waals surface area contributed by atoms with Gasteiger partial charge in [-0.3, -0.25) is 4.79 Å². The molecule has 0 aliphatic carbocycles. The molecule has 8 heteroatoms. The molecule has 32 heavy (non-hydrogen) atoms. The zero-order valence-corrected chi connectivity index (χ0v) is 17.7. The van der Waals surface area contributed by atoms with Crippen molar-refractivity contribution in [3.8, 4) is 6.07 Å². The van der Waals surface area contributed by atoms with E-state index in [1.165, 1.54) is 18.2 Å². The van der Waals surface area contributed by atoms with E-state index in [0.717, 1.165) is 17.7 Å². The third kappa shape index (κ3) is 5.00. The molecule has 0 N–H and O–H groups in total. The Bertz CT molecular complexity index is 1120. The van der Waals surface area contributed by atoms with E-state index in [4.69, 9.17) is 8.85 Å². The van der Waals surface area contributed by atoms with Crippen molar-refractivity contribution in [3.63, 3.8) is 0 Å².